The van der Waals surface area contributed by atoms with Crippen LogP contribution in [-0.2, 0) is 5.41 Å². The van der Waals surface area contributed by atoms with Crippen molar-refractivity contribution in [3.05, 3.63) is 29.1 Å². The molecule has 112 valence electrons. The maximum atomic E-state index is 4.31. The monoisotopic (exact) mass is 275 g/mol. The van der Waals surface area contributed by atoms with E-state index in [1.165, 1.54) is 22.5 Å². The number of nitrogens with zero attached hydrogens (tertiary/aromatic N) is 2. The molecule has 0 bridgehead atoms. The third-order valence-corrected chi connectivity index (χ3v) is 3.46. The van der Waals surface area contributed by atoms with Crippen molar-refractivity contribution in [3.63, 3.8) is 0 Å². The molecule has 0 radical (unpaired) electrons. The molecule has 1 aromatic heterocycles. The molecule has 3 heteroatoms. The number of allylic oxidation sites excluding steroid dienone is 1. The lowest BCUT2D eigenvalue weighted by Gasteiger charge is -2.20. The molecule has 0 amide bonds. The lowest BCUT2D eigenvalue weighted by Crippen LogP contribution is -2.13. The van der Waals surface area contributed by atoms with Crippen LogP contribution < -0.4 is 0 Å². The van der Waals surface area contributed by atoms with Crippen molar-refractivity contribution >= 4 is 5.71 Å². The third-order valence-electron chi connectivity index (χ3n) is 3.46. The Morgan fingerprint density at radius 1 is 1.00 bits per heavy atom. The summed E-state index contributed by atoms with van der Waals surface area (Å²) in [6.45, 7) is 18.3. The summed E-state index contributed by atoms with van der Waals surface area (Å²) in [5, 5.41) is 6.89. The second-order valence-electron chi connectivity index (χ2n) is 7.45. The van der Waals surface area contributed by atoms with E-state index in [2.05, 4.69) is 69.7 Å². The van der Waals surface area contributed by atoms with Gasteiger partial charge in [0.1, 0.15) is 0 Å². The van der Waals surface area contributed by atoms with Gasteiger partial charge in [-0.25, -0.2) is 0 Å². The standard InChI is InChI=1S/C9H15N.C8H14N2/c1-7-8(5-6-10-7)9(2,3)4;1-6-7(5-9-10-6)8(2,3)4/h5H,6H2,1-4H3;5H,1-4H3,(H,9,10). The van der Waals surface area contributed by atoms with Gasteiger partial charge < -0.3 is 0 Å². The second-order valence-corrected chi connectivity index (χ2v) is 7.45. The molecule has 0 saturated heterocycles. The predicted molar refractivity (Wildman–Crippen MR) is 87.5 cm³/mol. The van der Waals surface area contributed by atoms with Crippen LogP contribution in [0, 0.1) is 12.3 Å². The summed E-state index contributed by atoms with van der Waals surface area (Å²) in [5.41, 5.74) is 5.60. The number of aliphatic imine (C=N–C) groups is 1. The number of aromatic amines is 1. The SMILES string of the molecule is CC1=NCC=C1C(C)(C)C.Cc1[nH]ncc1C(C)(C)C. The molecule has 0 atom stereocenters. The molecule has 0 unspecified atom stereocenters. The van der Waals surface area contributed by atoms with Crippen molar-refractivity contribution in [2.45, 2.75) is 60.8 Å². The summed E-state index contributed by atoms with van der Waals surface area (Å²) in [4.78, 5) is 4.31. The molecule has 0 saturated carbocycles. The maximum absolute atomic E-state index is 4.31. The van der Waals surface area contributed by atoms with Crippen LogP contribution in [0.15, 0.2) is 22.8 Å². The average molecular weight is 275 g/mol. The Morgan fingerprint density at radius 3 is 1.80 bits per heavy atom. The fraction of sp³-hybridized carbons (Fsp3) is 0.647. The number of hydrogen-bond acceptors (Lipinski definition) is 2. The van der Waals surface area contributed by atoms with Crippen molar-refractivity contribution in [1.29, 1.82) is 0 Å². The van der Waals surface area contributed by atoms with Crippen LogP contribution in [0.4, 0.5) is 0 Å². The molecule has 0 aromatic carbocycles. The maximum Gasteiger partial charge on any atom is 0.0580 e. The van der Waals surface area contributed by atoms with Crippen LogP contribution in [0.3, 0.4) is 0 Å². The Bertz CT molecular complexity index is 505. The highest BCUT2D eigenvalue weighted by molar-refractivity contribution is 6.00. The number of nitrogens with one attached hydrogen (secondary N) is 1. The number of H-pyrrole nitrogens is 1. The molecule has 0 aliphatic carbocycles. The first-order chi connectivity index (χ1) is 9.03. The van der Waals surface area contributed by atoms with Gasteiger partial charge in [0.25, 0.3) is 0 Å². The van der Waals surface area contributed by atoms with Crippen molar-refractivity contribution in [2.24, 2.45) is 10.4 Å². The van der Waals surface area contributed by atoms with E-state index in [0.29, 0.717) is 0 Å². The quantitative estimate of drug-likeness (QED) is 0.746. The van der Waals surface area contributed by atoms with E-state index in [0.717, 1.165) is 6.54 Å². The van der Waals surface area contributed by atoms with E-state index in [-0.39, 0.29) is 10.8 Å². The van der Waals surface area contributed by atoms with Gasteiger partial charge >= 0.3 is 0 Å². The molecule has 0 spiro atoms. The third kappa shape index (κ3) is 4.32. The Balaban J connectivity index is 0.000000200. The summed E-state index contributed by atoms with van der Waals surface area (Å²) >= 11 is 0. The summed E-state index contributed by atoms with van der Waals surface area (Å²) < 4.78 is 0. The zero-order chi connectivity index (χ0) is 15.6. The van der Waals surface area contributed by atoms with Gasteiger partial charge in [-0.1, -0.05) is 47.6 Å². The number of aryl methyl sites for hydroxylation is 1. The predicted octanol–water partition coefficient (Wildman–Crippen LogP) is 4.45. The lowest BCUT2D eigenvalue weighted by atomic mass is 9.84. The molecule has 1 aromatic rings. The van der Waals surface area contributed by atoms with Gasteiger partial charge in [0.05, 0.1) is 12.7 Å². The molecule has 0 fully saturated rings. The molecule has 2 rings (SSSR count). The first-order valence-electron chi connectivity index (χ1n) is 7.26. The van der Waals surface area contributed by atoms with Crippen molar-refractivity contribution in [2.75, 3.05) is 6.54 Å². The van der Waals surface area contributed by atoms with Crippen LogP contribution in [0.5, 0.6) is 0 Å². The highest BCUT2D eigenvalue weighted by atomic mass is 15.1. The minimum absolute atomic E-state index is 0.219. The van der Waals surface area contributed by atoms with Gasteiger partial charge in [-0.2, -0.15) is 5.10 Å². The van der Waals surface area contributed by atoms with Crippen LogP contribution in [0.1, 0.15) is 59.7 Å². The van der Waals surface area contributed by atoms with E-state index < -0.39 is 0 Å². The van der Waals surface area contributed by atoms with Gasteiger partial charge in [-0.15, -0.1) is 0 Å². The smallest absolute Gasteiger partial charge is 0.0580 e. The molecule has 2 heterocycles. The zero-order valence-electron chi connectivity index (χ0n) is 14.3. The Kier molecular flexibility index (Phi) is 4.95. The number of aromatic nitrogens is 2. The van der Waals surface area contributed by atoms with E-state index in [1.807, 2.05) is 13.1 Å². The lowest BCUT2D eigenvalue weighted by molar-refractivity contribution is 0.525. The van der Waals surface area contributed by atoms with Crippen LogP contribution in [0.25, 0.3) is 0 Å². The van der Waals surface area contributed by atoms with Crippen molar-refractivity contribution in [3.8, 4) is 0 Å². The highest BCUT2D eigenvalue weighted by Gasteiger charge is 2.21. The first-order valence-corrected chi connectivity index (χ1v) is 7.26. The molecule has 1 aliphatic heterocycles. The fourth-order valence-corrected chi connectivity index (χ4v) is 2.46. The largest absolute Gasteiger partial charge is 0.286 e. The van der Waals surface area contributed by atoms with Crippen LogP contribution in [-0.4, -0.2) is 22.5 Å². The van der Waals surface area contributed by atoms with Gasteiger partial charge in [0.2, 0.25) is 0 Å². The average Bonchev–Trinajstić information content (AvgIpc) is 2.85. The van der Waals surface area contributed by atoms with Crippen LogP contribution >= 0.6 is 0 Å². The van der Waals surface area contributed by atoms with E-state index in [9.17, 15) is 0 Å². The van der Waals surface area contributed by atoms with Gasteiger partial charge in [-0.3, -0.25) is 10.1 Å². The van der Waals surface area contributed by atoms with E-state index in [4.69, 9.17) is 0 Å². The summed E-state index contributed by atoms with van der Waals surface area (Å²) in [7, 11) is 0. The van der Waals surface area contributed by atoms with Gasteiger partial charge in [0.15, 0.2) is 0 Å². The molecular weight excluding hydrogens is 246 g/mol. The molecule has 1 aliphatic rings. The number of rotatable bonds is 0. The molecule has 20 heavy (non-hydrogen) atoms. The second kappa shape index (κ2) is 5.94. The Morgan fingerprint density at radius 2 is 1.60 bits per heavy atom. The van der Waals surface area contributed by atoms with Crippen LogP contribution in [0.2, 0.25) is 0 Å². The minimum Gasteiger partial charge on any atom is -0.286 e. The van der Waals surface area contributed by atoms with E-state index in [1.54, 1.807) is 0 Å². The molecule has 3 nitrogen and oxygen atoms in total. The van der Waals surface area contributed by atoms with Crippen molar-refractivity contribution < 1.29 is 0 Å². The summed E-state index contributed by atoms with van der Waals surface area (Å²) in [6.07, 6.45) is 4.12. The highest BCUT2D eigenvalue weighted by Crippen LogP contribution is 2.28. The van der Waals surface area contributed by atoms with Gasteiger partial charge in [-0.05, 0) is 35.8 Å². The fourth-order valence-electron chi connectivity index (χ4n) is 2.46. The Labute approximate surface area is 123 Å². The summed E-state index contributed by atoms with van der Waals surface area (Å²) in [5.74, 6) is 0. The first kappa shape index (κ1) is 16.7. The van der Waals surface area contributed by atoms with Gasteiger partial charge in [0, 0.05) is 11.4 Å². The molecular formula is C17H29N3. The Hall–Kier alpha value is -1.38. The normalized spacial score (nSPS) is 15.4. The topological polar surface area (TPSA) is 41.0 Å². The van der Waals surface area contributed by atoms with E-state index >= 15 is 0 Å². The summed E-state index contributed by atoms with van der Waals surface area (Å²) in [6, 6.07) is 0. The van der Waals surface area contributed by atoms with Crippen molar-refractivity contribution in [1.82, 2.24) is 10.2 Å². The minimum atomic E-state index is 0.219. The number of hydrogen-bond donors (Lipinski definition) is 1. The molecule has 1 N–H and O–H groups in total. The zero-order valence-corrected chi connectivity index (χ0v) is 14.3.